The lowest BCUT2D eigenvalue weighted by Crippen LogP contribution is -2.39. The summed E-state index contributed by atoms with van der Waals surface area (Å²) in [6.07, 6.45) is -2.90. The monoisotopic (exact) mass is 258 g/mol. The Kier molecular flexibility index (Phi) is 1.99. The van der Waals surface area contributed by atoms with Crippen molar-refractivity contribution < 1.29 is 13.2 Å². The number of halogens is 3. The molecule has 0 spiro atoms. The zero-order valence-electron chi connectivity index (χ0n) is 9.04. The summed E-state index contributed by atoms with van der Waals surface area (Å²) in [6.45, 7) is 0. The number of fused-ring (bicyclic) bond motifs is 1. The molecule has 2 aromatic rings. The number of anilines is 2. The number of nitrogens with zero attached hydrogens (tertiary/aromatic N) is 3. The molecular weight excluding hydrogens is 249 g/mol. The maximum Gasteiger partial charge on any atom is 0.411 e. The Morgan fingerprint density at radius 1 is 1.33 bits per heavy atom. The molecule has 0 amide bonds. The summed E-state index contributed by atoms with van der Waals surface area (Å²) >= 11 is 0. The van der Waals surface area contributed by atoms with Crippen molar-refractivity contribution in [2.24, 2.45) is 0 Å². The Hall–Kier alpha value is -2.06. The maximum absolute atomic E-state index is 12.8. The van der Waals surface area contributed by atoms with Crippen LogP contribution in [0.25, 0.3) is 11.0 Å². The van der Waals surface area contributed by atoms with E-state index in [2.05, 4.69) is 25.5 Å². The van der Waals surface area contributed by atoms with Crippen molar-refractivity contribution in [3.8, 4) is 0 Å². The van der Waals surface area contributed by atoms with Gasteiger partial charge in [-0.1, -0.05) is 0 Å². The predicted molar refractivity (Wildman–Crippen MR) is 57.7 cm³/mol. The quantitative estimate of drug-likeness (QED) is 0.758. The van der Waals surface area contributed by atoms with E-state index in [1.54, 1.807) is 0 Å². The van der Waals surface area contributed by atoms with Gasteiger partial charge in [-0.3, -0.25) is 5.10 Å². The molecule has 0 unspecified atom stereocenters. The number of H-pyrrole nitrogens is 1. The van der Waals surface area contributed by atoms with Crippen molar-refractivity contribution in [1.29, 1.82) is 0 Å². The van der Waals surface area contributed by atoms with Gasteiger partial charge in [-0.15, -0.1) is 0 Å². The molecule has 1 saturated carbocycles. The zero-order chi connectivity index (χ0) is 13.0. The first-order valence-electron chi connectivity index (χ1n) is 5.23. The SMILES string of the molecule is Nc1nc(NC2(C(F)(F)F)CC2)c2cn[nH]c2n1. The van der Waals surface area contributed by atoms with Gasteiger partial charge in [0.25, 0.3) is 0 Å². The lowest BCUT2D eigenvalue weighted by molar-refractivity contribution is -0.151. The fourth-order valence-electron chi connectivity index (χ4n) is 1.78. The minimum absolute atomic E-state index is 0.0275. The van der Waals surface area contributed by atoms with Gasteiger partial charge in [-0.05, 0) is 12.8 Å². The summed E-state index contributed by atoms with van der Waals surface area (Å²) in [7, 11) is 0. The van der Waals surface area contributed by atoms with Gasteiger partial charge >= 0.3 is 6.18 Å². The maximum atomic E-state index is 12.8. The molecule has 6 nitrogen and oxygen atoms in total. The third-order valence-corrected chi connectivity index (χ3v) is 2.98. The molecule has 0 saturated heterocycles. The first-order chi connectivity index (χ1) is 8.41. The Balaban J connectivity index is 2.03. The average Bonchev–Trinajstić information content (AvgIpc) is 2.88. The number of alkyl halides is 3. The molecule has 1 aliphatic rings. The van der Waals surface area contributed by atoms with Crippen LogP contribution in [-0.2, 0) is 0 Å². The largest absolute Gasteiger partial charge is 0.411 e. The normalized spacial score (nSPS) is 17.9. The lowest BCUT2D eigenvalue weighted by atomic mass is 10.2. The fraction of sp³-hybridized carbons (Fsp3) is 0.444. The van der Waals surface area contributed by atoms with Gasteiger partial charge in [0.05, 0.1) is 11.6 Å². The van der Waals surface area contributed by atoms with Crippen LogP contribution >= 0.6 is 0 Å². The van der Waals surface area contributed by atoms with Gasteiger partial charge in [-0.2, -0.15) is 28.2 Å². The molecule has 96 valence electrons. The molecule has 3 rings (SSSR count). The molecule has 2 aromatic heterocycles. The first-order valence-corrected chi connectivity index (χ1v) is 5.23. The second-order valence-electron chi connectivity index (χ2n) is 4.27. The van der Waals surface area contributed by atoms with Crippen LogP contribution in [-0.4, -0.2) is 31.9 Å². The van der Waals surface area contributed by atoms with Crippen molar-refractivity contribution in [3.63, 3.8) is 0 Å². The van der Waals surface area contributed by atoms with E-state index < -0.39 is 11.7 Å². The van der Waals surface area contributed by atoms with E-state index in [4.69, 9.17) is 5.73 Å². The Labute approximate surface area is 98.8 Å². The molecule has 0 radical (unpaired) electrons. The highest BCUT2D eigenvalue weighted by molar-refractivity contribution is 5.87. The van der Waals surface area contributed by atoms with E-state index in [-0.39, 0.29) is 24.6 Å². The van der Waals surface area contributed by atoms with Gasteiger partial charge in [0.15, 0.2) is 5.65 Å². The second kappa shape index (κ2) is 3.24. The van der Waals surface area contributed by atoms with E-state index in [1.807, 2.05) is 0 Å². The van der Waals surface area contributed by atoms with E-state index in [0.29, 0.717) is 11.0 Å². The highest BCUT2D eigenvalue weighted by Gasteiger charge is 2.63. The number of hydrogen-bond acceptors (Lipinski definition) is 5. The molecule has 4 N–H and O–H groups in total. The van der Waals surface area contributed by atoms with E-state index in [9.17, 15) is 13.2 Å². The van der Waals surface area contributed by atoms with E-state index in [0.717, 1.165) is 0 Å². The third-order valence-electron chi connectivity index (χ3n) is 2.98. The molecule has 1 aliphatic carbocycles. The lowest BCUT2D eigenvalue weighted by Gasteiger charge is -2.21. The number of nitrogens with two attached hydrogens (primary N) is 1. The highest BCUT2D eigenvalue weighted by Crippen LogP contribution is 2.51. The molecule has 0 atom stereocenters. The van der Waals surface area contributed by atoms with E-state index >= 15 is 0 Å². The molecule has 1 fully saturated rings. The molecule has 0 bridgehead atoms. The smallest absolute Gasteiger partial charge is 0.368 e. The van der Waals surface area contributed by atoms with Crippen molar-refractivity contribution in [2.45, 2.75) is 24.6 Å². The summed E-state index contributed by atoms with van der Waals surface area (Å²) in [5, 5.41) is 9.07. The van der Waals surface area contributed by atoms with Crippen molar-refractivity contribution in [2.75, 3.05) is 11.1 Å². The molecule has 0 aromatic carbocycles. The van der Waals surface area contributed by atoms with Crippen molar-refractivity contribution >= 4 is 22.8 Å². The minimum atomic E-state index is -4.32. The van der Waals surface area contributed by atoms with Crippen LogP contribution in [0, 0.1) is 0 Å². The van der Waals surface area contributed by atoms with Gasteiger partial charge < -0.3 is 11.1 Å². The molecular formula is C9H9F3N6. The van der Waals surface area contributed by atoms with Gasteiger partial charge in [0, 0.05) is 0 Å². The highest BCUT2D eigenvalue weighted by atomic mass is 19.4. The molecule has 9 heteroatoms. The van der Waals surface area contributed by atoms with Gasteiger partial charge in [0.1, 0.15) is 11.4 Å². The summed E-state index contributed by atoms with van der Waals surface area (Å²) in [5.41, 5.74) is 3.86. The average molecular weight is 258 g/mol. The number of aromatic amines is 1. The summed E-state index contributed by atoms with van der Waals surface area (Å²) < 4.78 is 38.5. The Morgan fingerprint density at radius 3 is 2.67 bits per heavy atom. The fourth-order valence-corrected chi connectivity index (χ4v) is 1.78. The predicted octanol–water partition coefficient (Wildman–Crippen LogP) is 1.44. The van der Waals surface area contributed by atoms with Crippen LogP contribution < -0.4 is 11.1 Å². The minimum Gasteiger partial charge on any atom is -0.368 e. The summed E-state index contributed by atoms with van der Waals surface area (Å²) in [4.78, 5) is 7.64. The number of nitrogen functional groups attached to an aromatic ring is 1. The van der Waals surface area contributed by atoms with Crippen LogP contribution in [0.15, 0.2) is 6.20 Å². The topological polar surface area (TPSA) is 92.5 Å². The van der Waals surface area contributed by atoms with Crippen molar-refractivity contribution in [3.05, 3.63) is 6.20 Å². The number of aromatic nitrogens is 4. The third kappa shape index (κ3) is 1.54. The van der Waals surface area contributed by atoms with Crippen molar-refractivity contribution in [1.82, 2.24) is 20.2 Å². The Morgan fingerprint density at radius 2 is 2.06 bits per heavy atom. The molecule has 2 heterocycles. The zero-order valence-corrected chi connectivity index (χ0v) is 9.04. The molecule has 0 aliphatic heterocycles. The van der Waals surface area contributed by atoms with Gasteiger partial charge in [-0.25, -0.2) is 0 Å². The summed E-state index contributed by atoms with van der Waals surface area (Å²) in [5.74, 6) is -0.0479. The first kappa shape index (κ1) is 11.1. The standard InChI is InChI=1S/C9H9F3N6/c10-9(11,12)8(1-2-8)17-5-4-3-14-18-6(4)16-7(13)15-5/h3H,1-2H2,(H4,13,14,15,16,17,18). The Bertz CT molecular complexity index is 600. The van der Waals surface area contributed by atoms with E-state index in [1.165, 1.54) is 6.20 Å². The van der Waals surface area contributed by atoms with Crippen LogP contribution in [0.1, 0.15) is 12.8 Å². The number of rotatable bonds is 2. The van der Waals surface area contributed by atoms with Crippen LogP contribution in [0.4, 0.5) is 24.9 Å². The van der Waals surface area contributed by atoms with Crippen LogP contribution in [0.2, 0.25) is 0 Å². The number of hydrogen-bond donors (Lipinski definition) is 3. The summed E-state index contributed by atoms with van der Waals surface area (Å²) in [6, 6.07) is 0. The number of nitrogens with one attached hydrogen (secondary N) is 2. The van der Waals surface area contributed by atoms with Crippen LogP contribution in [0.5, 0.6) is 0 Å². The van der Waals surface area contributed by atoms with Gasteiger partial charge in [0.2, 0.25) is 5.95 Å². The van der Waals surface area contributed by atoms with Crippen LogP contribution in [0.3, 0.4) is 0 Å². The second-order valence-corrected chi connectivity index (χ2v) is 4.27. The molecule has 18 heavy (non-hydrogen) atoms.